The van der Waals surface area contributed by atoms with Crippen LogP contribution in [0.5, 0.6) is 0 Å². The Bertz CT molecular complexity index is 406. The van der Waals surface area contributed by atoms with E-state index < -0.39 is 0 Å². The van der Waals surface area contributed by atoms with Crippen LogP contribution in [0.2, 0.25) is 0 Å². The quantitative estimate of drug-likeness (QED) is 0.630. The number of nitrogens with one attached hydrogen (secondary N) is 3. The van der Waals surface area contributed by atoms with E-state index >= 15 is 0 Å². The van der Waals surface area contributed by atoms with Crippen LogP contribution in [0.4, 0.5) is 0 Å². The highest BCUT2D eigenvalue weighted by molar-refractivity contribution is 5.77. The van der Waals surface area contributed by atoms with Crippen molar-refractivity contribution in [1.82, 2.24) is 20.9 Å². The Balaban J connectivity index is 1.38. The average Bonchev–Trinajstić information content (AvgIpc) is 3.10. The van der Waals surface area contributed by atoms with Crippen LogP contribution in [0.15, 0.2) is 0 Å². The molecule has 0 aromatic carbocycles. The Morgan fingerprint density at radius 1 is 1.24 bits per heavy atom. The molecule has 1 saturated carbocycles. The van der Waals surface area contributed by atoms with Crippen LogP contribution in [0.25, 0.3) is 0 Å². The Kier molecular flexibility index (Phi) is 7.52. The van der Waals surface area contributed by atoms with Crippen LogP contribution in [-0.2, 0) is 9.53 Å². The monoisotopic (exact) mass is 352 g/mol. The number of carbonyl (C=O) groups is 1. The van der Waals surface area contributed by atoms with Crippen molar-refractivity contribution in [2.45, 2.75) is 63.6 Å². The molecule has 6 heteroatoms. The molecule has 0 aromatic heterocycles. The molecule has 2 saturated heterocycles. The van der Waals surface area contributed by atoms with Gasteiger partial charge >= 0.3 is 0 Å². The SMILES string of the molecule is CCCNC(=O)CN1CCC(NC2CCCC2C2COCCN2)CC1. The molecule has 3 atom stereocenters. The number of ether oxygens (including phenoxy) is 1. The molecular weight excluding hydrogens is 316 g/mol. The van der Waals surface area contributed by atoms with Crippen LogP contribution in [-0.4, -0.2) is 74.9 Å². The highest BCUT2D eigenvalue weighted by Gasteiger charge is 2.36. The van der Waals surface area contributed by atoms with Gasteiger partial charge in [-0.25, -0.2) is 0 Å². The molecule has 1 amide bonds. The second kappa shape index (κ2) is 9.86. The van der Waals surface area contributed by atoms with Crippen molar-refractivity contribution < 1.29 is 9.53 Å². The number of hydrogen-bond donors (Lipinski definition) is 3. The third-order valence-corrected chi connectivity index (χ3v) is 6.01. The summed E-state index contributed by atoms with van der Waals surface area (Å²) in [5.41, 5.74) is 0. The first-order chi connectivity index (χ1) is 12.3. The Hall–Kier alpha value is -0.690. The van der Waals surface area contributed by atoms with Crippen molar-refractivity contribution in [2.75, 3.05) is 45.9 Å². The Labute approximate surface area is 152 Å². The average molecular weight is 353 g/mol. The maximum absolute atomic E-state index is 11.9. The standard InChI is InChI=1S/C19H36N4O2/c1-2-8-21-19(24)13-23-10-6-15(7-11-23)22-17-5-3-4-16(17)18-14-25-12-9-20-18/h15-18,20,22H,2-14H2,1H3,(H,21,24). The van der Waals surface area contributed by atoms with Crippen LogP contribution >= 0.6 is 0 Å². The number of morpholine rings is 1. The summed E-state index contributed by atoms with van der Waals surface area (Å²) in [5, 5.41) is 10.6. The maximum atomic E-state index is 11.9. The fraction of sp³-hybridized carbons (Fsp3) is 0.947. The third-order valence-electron chi connectivity index (χ3n) is 6.01. The molecule has 144 valence electrons. The van der Waals surface area contributed by atoms with Gasteiger partial charge in [0, 0.05) is 44.3 Å². The van der Waals surface area contributed by atoms with Crippen molar-refractivity contribution >= 4 is 5.91 Å². The number of piperidine rings is 1. The first-order valence-electron chi connectivity index (χ1n) is 10.3. The third kappa shape index (κ3) is 5.64. The first kappa shape index (κ1) is 19.1. The van der Waals surface area contributed by atoms with E-state index in [0.29, 0.717) is 30.6 Å². The zero-order valence-electron chi connectivity index (χ0n) is 15.8. The van der Waals surface area contributed by atoms with E-state index in [9.17, 15) is 4.79 Å². The molecule has 3 N–H and O–H groups in total. The van der Waals surface area contributed by atoms with Crippen LogP contribution in [0.3, 0.4) is 0 Å². The van der Waals surface area contributed by atoms with Gasteiger partial charge in [-0.2, -0.15) is 0 Å². The highest BCUT2D eigenvalue weighted by Crippen LogP contribution is 2.30. The summed E-state index contributed by atoms with van der Waals surface area (Å²) >= 11 is 0. The number of carbonyl (C=O) groups excluding carboxylic acids is 1. The van der Waals surface area contributed by atoms with Gasteiger partial charge in [0.1, 0.15) is 0 Å². The van der Waals surface area contributed by atoms with Gasteiger partial charge in [-0.1, -0.05) is 13.3 Å². The summed E-state index contributed by atoms with van der Waals surface area (Å²) in [6.45, 7) is 8.20. The Morgan fingerprint density at radius 2 is 2.08 bits per heavy atom. The van der Waals surface area contributed by atoms with E-state index in [1.165, 1.54) is 19.3 Å². The van der Waals surface area contributed by atoms with Gasteiger partial charge in [-0.15, -0.1) is 0 Å². The van der Waals surface area contributed by atoms with E-state index in [1.807, 2.05) is 0 Å². The van der Waals surface area contributed by atoms with E-state index in [0.717, 1.165) is 58.7 Å². The smallest absolute Gasteiger partial charge is 0.234 e. The molecule has 3 rings (SSSR count). The predicted molar refractivity (Wildman–Crippen MR) is 99.6 cm³/mol. The van der Waals surface area contributed by atoms with Crippen molar-refractivity contribution in [3.05, 3.63) is 0 Å². The molecule has 3 unspecified atom stereocenters. The minimum absolute atomic E-state index is 0.174. The van der Waals surface area contributed by atoms with Gasteiger partial charge in [0.05, 0.1) is 19.8 Å². The summed E-state index contributed by atoms with van der Waals surface area (Å²) in [7, 11) is 0. The van der Waals surface area contributed by atoms with Crippen molar-refractivity contribution in [3.8, 4) is 0 Å². The van der Waals surface area contributed by atoms with Gasteiger partial charge in [0.2, 0.25) is 5.91 Å². The summed E-state index contributed by atoms with van der Waals surface area (Å²) in [4.78, 5) is 14.2. The largest absolute Gasteiger partial charge is 0.379 e. The second-order valence-corrected chi connectivity index (χ2v) is 7.90. The number of likely N-dealkylation sites (tertiary alicyclic amines) is 1. The lowest BCUT2D eigenvalue weighted by molar-refractivity contribution is -0.122. The van der Waals surface area contributed by atoms with Crippen molar-refractivity contribution in [2.24, 2.45) is 5.92 Å². The molecule has 2 aliphatic heterocycles. The lowest BCUT2D eigenvalue weighted by Crippen LogP contribution is -2.54. The molecule has 1 aliphatic carbocycles. The minimum Gasteiger partial charge on any atom is -0.379 e. The van der Waals surface area contributed by atoms with Crippen molar-refractivity contribution in [3.63, 3.8) is 0 Å². The van der Waals surface area contributed by atoms with Gasteiger partial charge < -0.3 is 20.7 Å². The number of nitrogens with zero attached hydrogens (tertiary/aromatic N) is 1. The number of amides is 1. The van der Waals surface area contributed by atoms with E-state index in [-0.39, 0.29) is 5.91 Å². The number of hydrogen-bond acceptors (Lipinski definition) is 5. The normalized spacial score (nSPS) is 32.0. The molecule has 0 spiro atoms. The summed E-state index contributed by atoms with van der Waals surface area (Å²) in [6.07, 6.45) is 7.24. The van der Waals surface area contributed by atoms with Crippen LogP contribution in [0, 0.1) is 5.92 Å². The molecule has 0 radical (unpaired) electrons. The molecule has 25 heavy (non-hydrogen) atoms. The molecule has 0 aromatic rings. The fourth-order valence-corrected chi connectivity index (χ4v) is 4.62. The topological polar surface area (TPSA) is 65.6 Å². The molecular formula is C19H36N4O2. The van der Waals surface area contributed by atoms with E-state index in [1.54, 1.807) is 0 Å². The first-order valence-corrected chi connectivity index (χ1v) is 10.3. The van der Waals surface area contributed by atoms with Gasteiger partial charge in [0.25, 0.3) is 0 Å². The van der Waals surface area contributed by atoms with Crippen molar-refractivity contribution in [1.29, 1.82) is 0 Å². The van der Waals surface area contributed by atoms with Crippen LogP contribution < -0.4 is 16.0 Å². The van der Waals surface area contributed by atoms with E-state index in [2.05, 4.69) is 27.8 Å². The van der Waals surface area contributed by atoms with Crippen LogP contribution in [0.1, 0.15) is 45.4 Å². The molecule has 6 nitrogen and oxygen atoms in total. The van der Waals surface area contributed by atoms with Gasteiger partial charge in [-0.3, -0.25) is 9.69 Å². The summed E-state index contributed by atoms with van der Waals surface area (Å²) < 4.78 is 5.68. The molecule has 3 fully saturated rings. The maximum Gasteiger partial charge on any atom is 0.234 e. The minimum atomic E-state index is 0.174. The summed E-state index contributed by atoms with van der Waals surface area (Å²) in [5.74, 6) is 0.880. The van der Waals surface area contributed by atoms with Gasteiger partial charge in [0.15, 0.2) is 0 Å². The zero-order valence-corrected chi connectivity index (χ0v) is 15.8. The second-order valence-electron chi connectivity index (χ2n) is 7.90. The van der Waals surface area contributed by atoms with Gasteiger partial charge in [-0.05, 0) is 38.0 Å². The predicted octanol–water partition coefficient (Wildman–Crippen LogP) is 0.724. The van der Waals surface area contributed by atoms with E-state index in [4.69, 9.17) is 4.74 Å². The lowest BCUT2D eigenvalue weighted by atomic mass is 9.92. The number of rotatable bonds is 7. The molecule has 2 heterocycles. The summed E-state index contributed by atoms with van der Waals surface area (Å²) in [6, 6.07) is 1.75. The molecule has 0 bridgehead atoms. The molecule has 3 aliphatic rings. The zero-order chi connectivity index (χ0) is 17.5. The Morgan fingerprint density at radius 3 is 2.80 bits per heavy atom. The lowest BCUT2D eigenvalue weighted by Gasteiger charge is -2.37. The highest BCUT2D eigenvalue weighted by atomic mass is 16.5. The fourth-order valence-electron chi connectivity index (χ4n) is 4.62.